The highest BCUT2D eigenvalue weighted by Crippen LogP contribution is 2.23. The van der Waals surface area contributed by atoms with Crippen molar-refractivity contribution in [1.82, 2.24) is 15.0 Å². The molecule has 5 heteroatoms. The Kier molecular flexibility index (Phi) is 3.10. The molecule has 0 N–H and O–H groups in total. The van der Waals surface area contributed by atoms with Crippen LogP contribution in [0.1, 0.15) is 0 Å². The zero-order valence-corrected chi connectivity index (χ0v) is 9.49. The van der Waals surface area contributed by atoms with E-state index in [1.807, 2.05) is 18.2 Å². The number of halogens is 1. The van der Waals surface area contributed by atoms with Crippen molar-refractivity contribution in [3.8, 4) is 0 Å². The molecule has 14 heavy (non-hydrogen) atoms. The Balaban J connectivity index is 2.16. The highest BCUT2D eigenvalue weighted by molar-refractivity contribution is 9.10. The molecule has 0 spiro atoms. The van der Waals surface area contributed by atoms with Gasteiger partial charge >= 0.3 is 0 Å². The zero-order valence-electron chi connectivity index (χ0n) is 7.09. The van der Waals surface area contributed by atoms with Gasteiger partial charge in [-0.3, -0.25) is 0 Å². The van der Waals surface area contributed by atoms with Gasteiger partial charge in [-0.1, -0.05) is 0 Å². The number of aromatic nitrogens is 3. The third-order valence-electron chi connectivity index (χ3n) is 1.46. The van der Waals surface area contributed by atoms with Gasteiger partial charge in [-0.2, -0.15) is 0 Å². The highest BCUT2D eigenvalue weighted by atomic mass is 79.9. The number of pyridine rings is 1. The molecule has 0 aliphatic carbocycles. The second kappa shape index (κ2) is 4.52. The van der Waals surface area contributed by atoms with Crippen molar-refractivity contribution in [2.75, 3.05) is 0 Å². The lowest BCUT2D eigenvalue weighted by Gasteiger charge is -1.98. The van der Waals surface area contributed by atoms with Gasteiger partial charge in [0.25, 0.3) is 0 Å². The van der Waals surface area contributed by atoms with Crippen LogP contribution in [0.4, 0.5) is 0 Å². The average Bonchev–Trinajstić information content (AvgIpc) is 2.23. The molecule has 0 saturated carbocycles. The number of nitrogens with zero attached hydrogens (tertiary/aromatic N) is 3. The van der Waals surface area contributed by atoms with Crippen LogP contribution in [-0.4, -0.2) is 15.0 Å². The lowest BCUT2D eigenvalue weighted by atomic mass is 10.5. The van der Waals surface area contributed by atoms with E-state index < -0.39 is 0 Å². The minimum absolute atomic E-state index is 0.898. The second-order valence-corrected chi connectivity index (χ2v) is 4.42. The molecule has 0 aliphatic rings. The summed E-state index contributed by atoms with van der Waals surface area (Å²) in [5, 5.41) is 1.82. The summed E-state index contributed by atoms with van der Waals surface area (Å²) >= 11 is 4.85. The molecule has 2 heterocycles. The molecule has 2 rings (SSSR count). The Morgan fingerprint density at radius 1 is 1.07 bits per heavy atom. The molecule has 0 unspecified atom stereocenters. The molecule has 2 aromatic rings. The van der Waals surface area contributed by atoms with Gasteiger partial charge in [-0.05, 0) is 45.9 Å². The van der Waals surface area contributed by atoms with E-state index in [0.717, 1.165) is 14.5 Å². The van der Waals surface area contributed by atoms with Crippen molar-refractivity contribution >= 4 is 27.7 Å². The molecule has 70 valence electrons. The smallest absolute Gasteiger partial charge is 0.116 e. The highest BCUT2D eigenvalue weighted by Gasteiger charge is 1.98. The fraction of sp³-hybridized carbons (Fsp3) is 0. The summed E-state index contributed by atoms with van der Waals surface area (Å²) in [4.78, 5) is 12.2. The predicted octanol–water partition coefficient (Wildman–Crippen LogP) is 2.79. The van der Waals surface area contributed by atoms with E-state index in [0.29, 0.717) is 0 Å². The third-order valence-corrected chi connectivity index (χ3v) is 2.83. The van der Waals surface area contributed by atoms with E-state index in [9.17, 15) is 0 Å². The van der Waals surface area contributed by atoms with Gasteiger partial charge in [0.1, 0.15) is 16.4 Å². The minimum atomic E-state index is 0.898. The fourth-order valence-electron chi connectivity index (χ4n) is 0.869. The van der Waals surface area contributed by atoms with Gasteiger partial charge < -0.3 is 0 Å². The van der Waals surface area contributed by atoms with Crippen LogP contribution in [0.2, 0.25) is 0 Å². The average molecular weight is 268 g/mol. The summed E-state index contributed by atoms with van der Waals surface area (Å²) in [5.74, 6) is 0. The summed E-state index contributed by atoms with van der Waals surface area (Å²) in [6.07, 6.45) is 5.01. The first kappa shape index (κ1) is 9.61. The Labute approximate surface area is 94.1 Å². The predicted molar refractivity (Wildman–Crippen MR) is 58.1 cm³/mol. The van der Waals surface area contributed by atoms with Gasteiger partial charge in [0.15, 0.2) is 0 Å². The summed E-state index contributed by atoms with van der Waals surface area (Å²) in [5.41, 5.74) is 0. The van der Waals surface area contributed by atoms with Gasteiger partial charge in [0.05, 0.1) is 0 Å². The van der Waals surface area contributed by atoms with Gasteiger partial charge in [0.2, 0.25) is 0 Å². The van der Waals surface area contributed by atoms with E-state index in [1.54, 1.807) is 12.4 Å². The van der Waals surface area contributed by atoms with Crippen LogP contribution in [0.5, 0.6) is 0 Å². The summed E-state index contributed by atoms with van der Waals surface area (Å²) in [6, 6.07) is 5.75. The van der Waals surface area contributed by atoms with Crippen molar-refractivity contribution < 1.29 is 0 Å². The SMILES string of the molecule is Brc1ccc(Sc2ccncn2)nc1. The van der Waals surface area contributed by atoms with Crippen molar-refractivity contribution in [3.63, 3.8) is 0 Å². The summed E-state index contributed by atoms with van der Waals surface area (Å²) < 4.78 is 0.976. The van der Waals surface area contributed by atoms with Crippen LogP contribution in [0.15, 0.2) is 51.4 Å². The first-order chi connectivity index (χ1) is 6.84. The quantitative estimate of drug-likeness (QED) is 0.785. The zero-order chi connectivity index (χ0) is 9.80. The molecular formula is C9H6BrN3S. The molecule has 0 radical (unpaired) electrons. The largest absolute Gasteiger partial charge is 0.248 e. The molecule has 0 saturated heterocycles. The van der Waals surface area contributed by atoms with E-state index in [2.05, 4.69) is 30.9 Å². The monoisotopic (exact) mass is 267 g/mol. The maximum absolute atomic E-state index is 4.23. The van der Waals surface area contributed by atoms with Crippen molar-refractivity contribution in [3.05, 3.63) is 41.4 Å². The molecule has 0 amide bonds. The lowest BCUT2D eigenvalue weighted by Crippen LogP contribution is -1.82. The first-order valence-corrected chi connectivity index (χ1v) is 5.51. The molecule has 2 aromatic heterocycles. The number of hydrogen-bond acceptors (Lipinski definition) is 4. The number of rotatable bonds is 2. The molecule has 0 bridgehead atoms. The summed E-state index contributed by atoms with van der Waals surface area (Å²) in [7, 11) is 0. The molecule has 0 aromatic carbocycles. The summed E-state index contributed by atoms with van der Waals surface area (Å²) in [6.45, 7) is 0. The molecule has 0 atom stereocenters. The Morgan fingerprint density at radius 2 is 1.93 bits per heavy atom. The van der Waals surface area contributed by atoms with Crippen molar-refractivity contribution in [1.29, 1.82) is 0 Å². The van der Waals surface area contributed by atoms with Gasteiger partial charge in [0, 0.05) is 16.9 Å². The maximum atomic E-state index is 4.23. The van der Waals surface area contributed by atoms with Crippen molar-refractivity contribution in [2.45, 2.75) is 10.1 Å². The normalized spacial score (nSPS) is 10.1. The lowest BCUT2D eigenvalue weighted by molar-refractivity contribution is 1.03. The van der Waals surface area contributed by atoms with Crippen molar-refractivity contribution in [2.24, 2.45) is 0 Å². The topological polar surface area (TPSA) is 38.7 Å². The number of hydrogen-bond donors (Lipinski definition) is 0. The minimum Gasteiger partial charge on any atom is -0.248 e. The maximum Gasteiger partial charge on any atom is 0.116 e. The molecule has 3 nitrogen and oxygen atoms in total. The van der Waals surface area contributed by atoms with E-state index in [-0.39, 0.29) is 0 Å². The van der Waals surface area contributed by atoms with Crippen LogP contribution >= 0.6 is 27.7 Å². The van der Waals surface area contributed by atoms with E-state index >= 15 is 0 Å². The van der Waals surface area contributed by atoms with Crippen LogP contribution < -0.4 is 0 Å². The van der Waals surface area contributed by atoms with Crippen LogP contribution in [-0.2, 0) is 0 Å². The Hall–Kier alpha value is -0.940. The second-order valence-electron chi connectivity index (χ2n) is 2.46. The van der Waals surface area contributed by atoms with Crippen LogP contribution in [0, 0.1) is 0 Å². The van der Waals surface area contributed by atoms with Crippen LogP contribution in [0.25, 0.3) is 0 Å². The Bertz CT molecular complexity index is 404. The third kappa shape index (κ3) is 2.52. The first-order valence-electron chi connectivity index (χ1n) is 3.90. The fourth-order valence-corrected chi connectivity index (χ4v) is 1.79. The molecular weight excluding hydrogens is 262 g/mol. The van der Waals surface area contributed by atoms with E-state index in [4.69, 9.17) is 0 Å². The van der Waals surface area contributed by atoms with Gasteiger partial charge in [-0.25, -0.2) is 15.0 Å². The molecule has 0 fully saturated rings. The van der Waals surface area contributed by atoms with Crippen LogP contribution in [0.3, 0.4) is 0 Å². The Morgan fingerprint density at radius 3 is 2.57 bits per heavy atom. The van der Waals surface area contributed by atoms with E-state index in [1.165, 1.54) is 18.1 Å². The standard InChI is InChI=1S/C9H6BrN3S/c10-7-1-2-8(12-5-7)14-9-3-4-11-6-13-9/h1-6H. The van der Waals surface area contributed by atoms with Gasteiger partial charge in [-0.15, -0.1) is 0 Å². The molecule has 0 aliphatic heterocycles.